The fourth-order valence-corrected chi connectivity index (χ4v) is 1.93. The molecule has 0 aromatic rings. The quantitative estimate of drug-likeness (QED) is 0.513. The Kier molecular flexibility index (Phi) is 6.55. The van der Waals surface area contributed by atoms with E-state index >= 15 is 0 Å². The minimum Gasteiger partial charge on any atom is -0.478 e. The predicted molar refractivity (Wildman–Crippen MR) is 75.7 cm³/mol. The summed E-state index contributed by atoms with van der Waals surface area (Å²) in [4.78, 5) is 47.3. The minimum absolute atomic E-state index is 0.204. The summed E-state index contributed by atoms with van der Waals surface area (Å²) < 4.78 is 5.11. The highest BCUT2D eigenvalue weighted by Crippen LogP contribution is 2.12. The average molecular weight is 312 g/mol. The molecule has 2 unspecified atom stereocenters. The molecule has 8 heteroatoms. The lowest BCUT2D eigenvalue weighted by atomic mass is 10.1. The number of carboxylic acid groups (broad SMARTS) is 1. The molecule has 22 heavy (non-hydrogen) atoms. The molecular weight excluding hydrogens is 292 g/mol. The number of carbonyl (C=O) groups is 4. The van der Waals surface area contributed by atoms with Crippen LogP contribution in [-0.4, -0.2) is 59.0 Å². The molecule has 2 atom stereocenters. The fraction of sp³-hybridized carbons (Fsp3) is 0.571. The van der Waals surface area contributed by atoms with Gasteiger partial charge < -0.3 is 20.1 Å². The van der Waals surface area contributed by atoms with Gasteiger partial charge in [0.2, 0.25) is 11.8 Å². The Morgan fingerprint density at radius 1 is 1.45 bits per heavy atom. The van der Waals surface area contributed by atoms with Crippen LogP contribution in [0.1, 0.15) is 26.7 Å². The fourth-order valence-electron chi connectivity index (χ4n) is 1.93. The molecule has 0 aromatic heterocycles. The second-order valence-corrected chi connectivity index (χ2v) is 4.92. The normalized spacial score (nSPS) is 19.6. The van der Waals surface area contributed by atoms with Crippen LogP contribution in [0.4, 0.5) is 0 Å². The van der Waals surface area contributed by atoms with Gasteiger partial charge in [-0.2, -0.15) is 0 Å². The number of nitrogens with zero attached hydrogens (tertiary/aromatic N) is 1. The third-order valence-electron chi connectivity index (χ3n) is 3.25. The van der Waals surface area contributed by atoms with E-state index in [-0.39, 0.29) is 25.6 Å². The van der Waals surface area contributed by atoms with Crippen LogP contribution in [0, 0.1) is 0 Å². The molecule has 0 aromatic carbocycles. The number of nitrogens with one attached hydrogen (secondary N) is 1. The highest BCUT2D eigenvalue weighted by Gasteiger charge is 2.34. The molecule has 0 aliphatic carbocycles. The molecular formula is C14H20N2O6. The van der Waals surface area contributed by atoms with Crippen LogP contribution in [-0.2, 0) is 23.9 Å². The molecule has 1 aliphatic rings. The number of ether oxygens (including phenoxy) is 1. The molecule has 0 radical (unpaired) electrons. The van der Waals surface area contributed by atoms with Crippen molar-refractivity contribution in [3.05, 3.63) is 12.2 Å². The van der Waals surface area contributed by atoms with Crippen LogP contribution < -0.4 is 5.32 Å². The molecule has 8 nitrogen and oxygen atoms in total. The molecule has 1 rings (SSSR count). The molecule has 0 bridgehead atoms. The van der Waals surface area contributed by atoms with Gasteiger partial charge >= 0.3 is 11.9 Å². The molecule has 0 saturated carbocycles. The van der Waals surface area contributed by atoms with E-state index in [1.54, 1.807) is 6.92 Å². The summed E-state index contributed by atoms with van der Waals surface area (Å²) >= 11 is 0. The van der Waals surface area contributed by atoms with Crippen molar-refractivity contribution in [3.8, 4) is 0 Å². The largest absolute Gasteiger partial charge is 0.478 e. The molecule has 0 spiro atoms. The van der Waals surface area contributed by atoms with Gasteiger partial charge in [0.1, 0.15) is 6.04 Å². The van der Waals surface area contributed by atoms with Crippen molar-refractivity contribution >= 4 is 23.8 Å². The zero-order valence-corrected chi connectivity index (χ0v) is 12.6. The molecule has 122 valence electrons. The number of aliphatic carboxylic acids is 1. The maximum atomic E-state index is 12.0. The number of hydrogen-bond acceptors (Lipinski definition) is 5. The predicted octanol–water partition coefficient (Wildman–Crippen LogP) is -0.314. The van der Waals surface area contributed by atoms with Gasteiger partial charge in [-0.25, -0.2) is 4.79 Å². The van der Waals surface area contributed by atoms with E-state index in [2.05, 4.69) is 5.32 Å². The van der Waals surface area contributed by atoms with Crippen LogP contribution in [0.3, 0.4) is 0 Å². The van der Waals surface area contributed by atoms with Gasteiger partial charge in [0.15, 0.2) is 0 Å². The molecule has 1 saturated heterocycles. The molecule has 2 amide bonds. The first-order chi connectivity index (χ1) is 10.3. The van der Waals surface area contributed by atoms with Gasteiger partial charge in [-0.3, -0.25) is 14.4 Å². The number of piperazine rings is 1. The Bertz CT molecular complexity index is 488. The highest BCUT2D eigenvalue weighted by molar-refractivity contribution is 5.98. The first kappa shape index (κ1) is 17.7. The summed E-state index contributed by atoms with van der Waals surface area (Å²) in [5.41, 5.74) is 0. The lowest BCUT2D eigenvalue weighted by molar-refractivity contribution is -0.154. The van der Waals surface area contributed by atoms with Gasteiger partial charge in [-0.15, -0.1) is 0 Å². The third-order valence-corrected chi connectivity index (χ3v) is 3.25. The SMILES string of the molecule is CCC(C)OC(=O)CC1C(=O)NCCN1C(=O)/C=C/C(=O)O. The number of esters is 1. The Morgan fingerprint density at radius 2 is 2.14 bits per heavy atom. The Morgan fingerprint density at radius 3 is 2.73 bits per heavy atom. The second kappa shape index (κ2) is 8.16. The number of hydrogen-bond donors (Lipinski definition) is 2. The maximum absolute atomic E-state index is 12.0. The van der Waals surface area contributed by atoms with Gasteiger partial charge in [0.05, 0.1) is 12.5 Å². The van der Waals surface area contributed by atoms with Crippen LogP contribution in [0.15, 0.2) is 12.2 Å². The summed E-state index contributed by atoms with van der Waals surface area (Å²) in [7, 11) is 0. The van der Waals surface area contributed by atoms with Crippen molar-refractivity contribution in [2.75, 3.05) is 13.1 Å². The number of amides is 2. The van der Waals surface area contributed by atoms with Crippen LogP contribution in [0.5, 0.6) is 0 Å². The van der Waals surface area contributed by atoms with E-state index in [1.807, 2.05) is 6.92 Å². The molecule has 1 fully saturated rings. The zero-order chi connectivity index (χ0) is 16.7. The summed E-state index contributed by atoms with van der Waals surface area (Å²) in [6.07, 6.45) is 1.68. The standard InChI is InChI=1S/C14H20N2O6/c1-3-9(2)22-13(20)8-10-14(21)15-6-7-16(10)11(17)4-5-12(18)19/h4-5,9-10H,3,6-8H2,1-2H3,(H,15,21)(H,18,19)/b5-4+. The lowest BCUT2D eigenvalue weighted by Gasteiger charge is -2.34. The smallest absolute Gasteiger partial charge is 0.328 e. The monoisotopic (exact) mass is 312 g/mol. The Hall–Kier alpha value is -2.38. The van der Waals surface area contributed by atoms with E-state index in [0.717, 1.165) is 6.08 Å². The van der Waals surface area contributed by atoms with Crippen LogP contribution in [0.25, 0.3) is 0 Å². The van der Waals surface area contributed by atoms with E-state index in [1.165, 1.54) is 4.90 Å². The summed E-state index contributed by atoms with van der Waals surface area (Å²) in [5.74, 6) is -2.91. The van der Waals surface area contributed by atoms with Gasteiger partial charge in [0, 0.05) is 25.2 Å². The van der Waals surface area contributed by atoms with Crippen LogP contribution >= 0.6 is 0 Å². The van der Waals surface area contributed by atoms with Gasteiger partial charge in [-0.05, 0) is 13.3 Å². The van der Waals surface area contributed by atoms with Crippen molar-refractivity contribution in [2.45, 2.75) is 38.8 Å². The number of carbonyl (C=O) groups excluding carboxylic acids is 3. The van der Waals surface area contributed by atoms with E-state index < -0.39 is 29.8 Å². The number of rotatable bonds is 6. The van der Waals surface area contributed by atoms with Gasteiger partial charge in [0.25, 0.3) is 0 Å². The first-order valence-electron chi connectivity index (χ1n) is 7.04. The lowest BCUT2D eigenvalue weighted by Crippen LogP contribution is -2.57. The Balaban J connectivity index is 2.77. The summed E-state index contributed by atoms with van der Waals surface area (Å²) in [6, 6.07) is -0.990. The van der Waals surface area contributed by atoms with Crippen LogP contribution in [0.2, 0.25) is 0 Å². The number of carboxylic acids is 1. The highest BCUT2D eigenvalue weighted by atomic mass is 16.5. The van der Waals surface area contributed by atoms with E-state index in [0.29, 0.717) is 12.5 Å². The minimum atomic E-state index is -1.26. The molecule has 2 N–H and O–H groups in total. The first-order valence-corrected chi connectivity index (χ1v) is 7.04. The summed E-state index contributed by atoms with van der Waals surface area (Å²) in [6.45, 7) is 4.05. The van der Waals surface area contributed by atoms with Crippen molar-refractivity contribution in [1.29, 1.82) is 0 Å². The third kappa shape index (κ3) is 5.19. The summed E-state index contributed by atoms with van der Waals surface area (Å²) in [5, 5.41) is 11.1. The maximum Gasteiger partial charge on any atom is 0.328 e. The Labute approximate surface area is 128 Å². The zero-order valence-electron chi connectivity index (χ0n) is 12.6. The van der Waals surface area contributed by atoms with E-state index in [4.69, 9.17) is 9.84 Å². The second-order valence-electron chi connectivity index (χ2n) is 4.92. The topological polar surface area (TPSA) is 113 Å². The van der Waals surface area contributed by atoms with Crippen molar-refractivity contribution < 1.29 is 29.0 Å². The van der Waals surface area contributed by atoms with E-state index in [9.17, 15) is 19.2 Å². The van der Waals surface area contributed by atoms with Crippen molar-refractivity contribution in [2.24, 2.45) is 0 Å². The molecule has 1 heterocycles. The van der Waals surface area contributed by atoms with Gasteiger partial charge in [-0.1, -0.05) is 6.92 Å². The van der Waals surface area contributed by atoms with Crippen molar-refractivity contribution in [3.63, 3.8) is 0 Å². The molecule has 1 aliphatic heterocycles. The van der Waals surface area contributed by atoms with Crippen molar-refractivity contribution in [1.82, 2.24) is 10.2 Å². The average Bonchev–Trinajstić information content (AvgIpc) is 2.46.